The molecule has 3 rings (SSSR count). The van der Waals surface area contributed by atoms with Gasteiger partial charge in [-0.05, 0) is 24.3 Å². The van der Waals surface area contributed by atoms with Crippen molar-refractivity contribution in [3.8, 4) is 11.5 Å². The minimum absolute atomic E-state index is 0.0409. The predicted molar refractivity (Wildman–Crippen MR) is 90.3 cm³/mol. The van der Waals surface area contributed by atoms with E-state index in [9.17, 15) is 22.8 Å². The van der Waals surface area contributed by atoms with Crippen molar-refractivity contribution in [2.75, 3.05) is 0 Å². The first-order valence-electron chi connectivity index (χ1n) is 7.48. The van der Waals surface area contributed by atoms with E-state index in [1.807, 2.05) is 0 Å². The second kappa shape index (κ2) is 6.92. The highest BCUT2D eigenvalue weighted by molar-refractivity contribution is 6.33. The van der Waals surface area contributed by atoms with Gasteiger partial charge in [0.1, 0.15) is 17.5 Å². The lowest BCUT2D eigenvalue weighted by Gasteiger charge is -2.15. The summed E-state index contributed by atoms with van der Waals surface area (Å²) in [5, 5.41) is 0.342. The van der Waals surface area contributed by atoms with Crippen LogP contribution in [0, 0.1) is 0 Å². The third kappa shape index (κ3) is 3.72. The molecule has 0 unspecified atom stereocenters. The number of hydrogen-bond acceptors (Lipinski definition) is 4. The molecule has 27 heavy (non-hydrogen) atoms. The highest BCUT2D eigenvalue weighted by Crippen LogP contribution is 2.30. The normalized spacial score (nSPS) is 11.6. The molecule has 1 amide bonds. The van der Waals surface area contributed by atoms with Gasteiger partial charge in [-0.25, -0.2) is 4.98 Å². The summed E-state index contributed by atoms with van der Waals surface area (Å²) in [6, 6.07) is 7.98. The second-order valence-electron chi connectivity index (χ2n) is 5.51. The Balaban J connectivity index is 2.06. The molecule has 0 atom stereocenters. The Morgan fingerprint density at radius 2 is 1.93 bits per heavy atom. The summed E-state index contributed by atoms with van der Waals surface area (Å²) in [7, 11) is 0. The molecule has 2 heterocycles. The summed E-state index contributed by atoms with van der Waals surface area (Å²) < 4.78 is 45.4. The van der Waals surface area contributed by atoms with E-state index in [0.29, 0.717) is 21.2 Å². The second-order valence-corrected chi connectivity index (χ2v) is 5.92. The van der Waals surface area contributed by atoms with E-state index in [2.05, 4.69) is 4.98 Å². The van der Waals surface area contributed by atoms with E-state index in [1.54, 1.807) is 24.3 Å². The summed E-state index contributed by atoms with van der Waals surface area (Å²) in [5.41, 5.74) is 2.57. The molecular weight excluding hydrogens is 387 g/mol. The van der Waals surface area contributed by atoms with Crippen LogP contribution in [0.2, 0.25) is 5.02 Å². The fourth-order valence-electron chi connectivity index (χ4n) is 2.47. The van der Waals surface area contributed by atoms with E-state index < -0.39 is 35.4 Å². The molecule has 0 fully saturated rings. The smallest absolute Gasteiger partial charge is 0.431 e. The van der Waals surface area contributed by atoms with Crippen molar-refractivity contribution in [3.63, 3.8) is 0 Å². The van der Waals surface area contributed by atoms with Gasteiger partial charge < -0.3 is 10.2 Å². The van der Waals surface area contributed by atoms with Crippen LogP contribution in [0.1, 0.15) is 21.7 Å². The maximum atomic E-state index is 13.2. The van der Waals surface area contributed by atoms with Crippen LogP contribution in [0.4, 0.5) is 13.2 Å². The van der Waals surface area contributed by atoms with Gasteiger partial charge in [0.15, 0.2) is 0 Å². The van der Waals surface area contributed by atoms with Gasteiger partial charge >= 0.3 is 6.18 Å². The van der Waals surface area contributed by atoms with Crippen LogP contribution in [-0.4, -0.2) is 15.5 Å². The maximum absolute atomic E-state index is 13.2. The van der Waals surface area contributed by atoms with Crippen LogP contribution in [0.15, 0.2) is 51.9 Å². The largest absolute Gasteiger partial charge is 0.444 e. The number of halogens is 4. The zero-order chi connectivity index (χ0) is 19.8. The quantitative estimate of drug-likeness (QED) is 0.731. The Morgan fingerprint density at radius 1 is 1.22 bits per heavy atom. The Hall–Kier alpha value is -3.07. The molecule has 2 aromatic heterocycles. The molecule has 1 aromatic carbocycles. The summed E-state index contributed by atoms with van der Waals surface area (Å²) >= 11 is 6.04. The summed E-state index contributed by atoms with van der Waals surface area (Å²) in [4.78, 5) is 27.7. The minimum Gasteiger partial charge on any atom is -0.444 e. The number of nitrogens with two attached hydrogens (primary N) is 1. The number of alkyl halides is 3. The van der Waals surface area contributed by atoms with Gasteiger partial charge in [-0.1, -0.05) is 23.7 Å². The van der Waals surface area contributed by atoms with E-state index in [0.717, 1.165) is 12.3 Å². The SMILES string of the molecule is NC(=O)c1ccc(C(F)(F)F)n(Cc2coc(-c3ccccc3Cl)n2)c1=O. The number of rotatable bonds is 4. The Kier molecular flexibility index (Phi) is 4.79. The molecule has 3 aromatic rings. The van der Waals surface area contributed by atoms with Gasteiger partial charge in [-0.2, -0.15) is 13.2 Å². The predicted octanol–water partition coefficient (Wildman–Crippen LogP) is 3.32. The minimum atomic E-state index is -4.81. The number of oxazole rings is 1. The Bertz CT molecular complexity index is 1070. The van der Waals surface area contributed by atoms with Crippen LogP contribution in [0.25, 0.3) is 11.5 Å². The van der Waals surface area contributed by atoms with Crippen molar-refractivity contribution in [2.24, 2.45) is 5.73 Å². The van der Waals surface area contributed by atoms with Crippen molar-refractivity contribution in [1.82, 2.24) is 9.55 Å². The van der Waals surface area contributed by atoms with Gasteiger partial charge in [-0.15, -0.1) is 0 Å². The molecule has 0 bridgehead atoms. The molecular formula is C17H11ClF3N3O3. The zero-order valence-electron chi connectivity index (χ0n) is 13.5. The summed E-state index contributed by atoms with van der Waals surface area (Å²) in [6.45, 7) is -0.567. The number of carbonyl (C=O) groups excluding carboxylic acids is 1. The van der Waals surface area contributed by atoms with Crippen LogP contribution in [0.3, 0.4) is 0 Å². The Labute approximate surface area is 155 Å². The number of benzene rings is 1. The number of pyridine rings is 1. The molecule has 0 saturated heterocycles. The van der Waals surface area contributed by atoms with Crippen LogP contribution in [0.5, 0.6) is 0 Å². The molecule has 140 valence electrons. The first-order valence-corrected chi connectivity index (χ1v) is 7.86. The average molecular weight is 398 g/mol. The van der Waals surface area contributed by atoms with Crippen LogP contribution >= 0.6 is 11.6 Å². The molecule has 2 N–H and O–H groups in total. The summed E-state index contributed by atoms with van der Waals surface area (Å²) in [5.74, 6) is -1.04. The molecule has 0 aliphatic carbocycles. The van der Waals surface area contributed by atoms with E-state index >= 15 is 0 Å². The van der Waals surface area contributed by atoms with Gasteiger partial charge in [0.05, 0.1) is 22.8 Å². The molecule has 0 radical (unpaired) electrons. The monoisotopic (exact) mass is 397 g/mol. The third-order valence-corrected chi connectivity index (χ3v) is 4.04. The highest BCUT2D eigenvalue weighted by atomic mass is 35.5. The van der Waals surface area contributed by atoms with Gasteiger partial charge in [0.25, 0.3) is 11.5 Å². The fourth-order valence-corrected chi connectivity index (χ4v) is 2.69. The van der Waals surface area contributed by atoms with Crippen molar-refractivity contribution in [2.45, 2.75) is 12.7 Å². The fraction of sp³-hybridized carbons (Fsp3) is 0.118. The van der Waals surface area contributed by atoms with Crippen molar-refractivity contribution in [1.29, 1.82) is 0 Å². The number of hydrogen-bond donors (Lipinski definition) is 1. The standard InChI is InChI=1S/C17H11ClF3N3O3/c18-12-4-2-1-3-10(12)15-23-9(8-27-15)7-24-13(17(19,20)21)6-5-11(14(22)25)16(24)26/h1-6,8H,7H2,(H2,22,25). The third-order valence-electron chi connectivity index (χ3n) is 3.71. The first-order chi connectivity index (χ1) is 12.7. The number of primary amides is 1. The van der Waals surface area contributed by atoms with Crippen molar-refractivity contribution in [3.05, 3.63) is 75.0 Å². The maximum Gasteiger partial charge on any atom is 0.431 e. The van der Waals surface area contributed by atoms with Gasteiger partial charge in [0.2, 0.25) is 5.89 Å². The van der Waals surface area contributed by atoms with Crippen molar-refractivity contribution < 1.29 is 22.4 Å². The molecule has 10 heteroatoms. The lowest BCUT2D eigenvalue weighted by molar-refractivity contribution is -0.144. The molecule has 0 spiro atoms. The molecule has 6 nitrogen and oxygen atoms in total. The number of carbonyl (C=O) groups is 1. The van der Waals surface area contributed by atoms with Crippen molar-refractivity contribution >= 4 is 17.5 Å². The molecule has 0 saturated carbocycles. The van der Waals surface area contributed by atoms with Gasteiger partial charge in [-0.3, -0.25) is 14.2 Å². The number of aromatic nitrogens is 2. The lowest BCUT2D eigenvalue weighted by atomic mass is 10.2. The molecule has 0 aliphatic heterocycles. The van der Waals surface area contributed by atoms with Crippen LogP contribution < -0.4 is 11.3 Å². The van der Waals surface area contributed by atoms with E-state index in [4.69, 9.17) is 21.8 Å². The topological polar surface area (TPSA) is 91.1 Å². The molecule has 0 aliphatic rings. The van der Waals surface area contributed by atoms with E-state index in [1.165, 1.54) is 0 Å². The average Bonchev–Trinajstić information content (AvgIpc) is 3.04. The van der Waals surface area contributed by atoms with E-state index in [-0.39, 0.29) is 11.6 Å². The Morgan fingerprint density at radius 3 is 2.56 bits per heavy atom. The highest BCUT2D eigenvalue weighted by Gasteiger charge is 2.35. The first kappa shape index (κ1) is 18.7. The lowest BCUT2D eigenvalue weighted by Crippen LogP contribution is -2.34. The number of nitrogens with zero attached hydrogens (tertiary/aromatic N) is 2. The number of amides is 1. The zero-order valence-corrected chi connectivity index (χ0v) is 14.2. The summed E-state index contributed by atoms with van der Waals surface area (Å²) in [6.07, 6.45) is -3.70. The van der Waals surface area contributed by atoms with Gasteiger partial charge in [0, 0.05) is 0 Å². The van der Waals surface area contributed by atoms with Crippen LogP contribution in [-0.2, 0) is 12.7 Å².